The summed E-state index contributed by atoms with van der Waals surface area (Å²) in [5.41, 5.74) is 1.20. The summed E-state index contributed by atoms with van der Waals surface area (Å²) in [7, 11) is 0. The molecule has 1 heterocycles. The number of hydrogen-bond donors (Lipinski definition) is 2. The molecule has 4 nitrogen and oxygen atoms in total. The lowest BCUT2D eigenvalue weighted by Gasteiger charge is -2.29. The molecule has 0 saturated carbocycles. The molecule has 1 atom stereocenters. The molecule has 1 amide bonds. The van der Waals surface area contributed by atoms with Crippen LogP contribution in [0.2, 0.25) is 0 Å². The van der Waals surface area contributed by atoms with Gasteiger partial charge >= 0.3 is 0 Å². The molecule has 2 rings (SSSR count). The fraction of sp³-hybridized carbons (Fsp3) is 0.533. The lowest BCUT2D eigenvalue weighted by Crippen LogP contribution is -2.32. The number of benzene rings is 1. The normalized spacial score (nSPS) is 20.9. The van der Waals surface area contributed by atoms with E-state index in [9.17, 15) is 4.79 Å². The number of aliphatic hydroxyl groups excluding tert-OH is 1. The van der Waals surface area contributed by atoms with E-state index in [4.69, 9.17) is 5.11 Å². The van der Waals surface area contributed by atoms with Crippen LogP contribution in [0.15, 0.2) is 30.3 Å². The van der Waals surface area contributed by atoms with Crippen LogP contribution in [0.1, 0.15) is 30.9 Å². The first-order valence-electron chi connectivity index (χ1n) is 6.98. The van der Waals surface area contributed by atoms with Crippen LogP contribution in [0.5, 0.6) is 0 Å². The second-order valence-corrected chi connectivity index (χ2v) is 4.95. The van der Waals surface area contributed by atoms with Crippen molar-refractivity contribution in [3.05, 3.63) is 35.9 Å². The molecular weight excluding hydrogens is 240 g/mol. The summed E-state index contributed by atoms with van der Waals surface area (Å²) in [4.78, 5) is 14.1. The van der Waals surface area contributed by atoms with Crippen LogP contribution in [-0.2, 0) is 4.79 Å². The standard InChI is InChI=1S/C15H22N2O2/c18-11-5-4-9-17-10-8-16-15(19)12-14(17)13-6-2-1-3-7-13/h1-3,6-7,14,18H,4-5,8-12H2,(H,16,19). The first-order valence-corrected chi connectivity index (χ1v) is 6.98. The maximum Gasteiger partial charge on any atom is 0.221 e. The van der Waals surface area contributed by atoms with E-state index in [1.165, 1.54) is 5.56 Å². The maximum absolute atomic E-state index is 11.8. The molecule has 1 aliphatic rings. The average Bonchev–Trinajstić information content (AvgIpc) is 2.62. The number of aliphatic hydroxyl groups is 1. The minimum atomic E-state index is 0.124. The van der Waals surface area contributed by atoms with Crippen LogP contribution in [0, 0.1) is 0 Å². The SMILES string of the molecule is O=C1CC(c2ccccc2)N(CCCCO)CCN1. The summed E-state index contributed by atoms with van der Waals surface area (Å²) in [5.74, 6) is 0.124. The van der Waals surface area contributed by atoms with Crippen molar-refractivity contribution in [3.8, 4) is 0 Å². The van der Waals surface area contributed by atoms with Crippen molar-refractivity contribution in [1.29, 1.82) is 0 Å². The minimum Gasteiger partial charge on any atom is -0.396 e. The largest absolute Gasteiger partial charge is 0.396 e. The van der Waals surface area contributed by atoms with Gasteiger partial charge < -0.3 is 10.4 Å². The zero-order valence-electron chi connectivity index (χ0n) is 11.2. The number of carbonyl (C=O) groups excluding carboxylic acids is 1. The number of rotatable bonds is 5. The third kappa shape index (κ3) is 4.04. The van der Waals surface area contributed by atoms with Gasteiger partial charge in [0.2, 0.25) is 5.91 Å². The third-order valence-electron chi connectivity index (χ3n) is 3.58. The molecule has 1 unspecified atom stereocenters. The molecule has 2 N–H and O–H groups in total. The summed E-state index contributed by atoms with van der Waals surface area (Å²) in [6.07, 6.45) is 2.30. The topological polar surface area (TPSA) is 52.6 Å². The number of nitrogens with zero attached hydrogens (tertiary/aromatic N) is 1. The van der Waals surface area contributed by atoms with Crippen molar-refractivity contribution in [2.24, 2.45) is 0 Å². The van der Waals surface area contributed by atoms with Gasteiger partial charge in [-0.25, -0.2) is 0 Å². The molecule has 1 aliphatic heterocycles. The van der Waals surface area contributed by atoms with E-state index >= 15 is 0 Å². The molecule has 1 fully saturated rings. The van der Waals surface area contributed by atoms with Crippen molar-refractivity contribution in [2.75, 3.05) is 26.2 Å². The van der Waals surface area contributed by atoms with Crippen LogP contribution in [-0.4, -0.2) is 42.2 Å². The van der Waals surface area contributed by atoms with Gasteiger partial charge in [-0.2, -0.15) is 0 Å². The van der Waals surface area contributed by atoms with Crippen molar-refractivity contribution in [2.45, 2.75) is 25.3 Å². The molecule has 0 aliphatic carbocycles. The predicted octanol–water partition coefficient (Wildman–Crippen LogP) is 1.32. The molecule has 0 aromatic heterocycles. The zero-order valence-corrected chi connectivity index (χ0v) is 11.2. The van der Waals surface area contributed by atoms with Crippen LogP contribution in [0.4, 0.5) is 0 Å². The lowest BCUT2D eigenvalue weighted by molar-refractivity contribution is -0.121. The number of unbranched alkanes of at least 4 members (excludes halogenated alkanes) is 1. The smallest absolute Gasteiger partial charge is 0.221 e. The Morgan fingerprint density at radius 3 is 2.79 bits per heavy atom. The van der Waals surface area contributed by atoms with E-state index < -0.39 is 0 Å². The average molecular weight is 262 g/mol. The van der Waals surface area contributed by atoms with Crippen LogP contribution >= 0.6 is 0 Å². The summed E-state index contributed by atoms with van der Waals surface area (Å²) in [5, 5.41) is 11.8. The molecule has 0 bridgehead atoms. The van der Waals surface area contributed by atoms with E-state index in [0.717, 1.165) is 25.9 Å². The molecule has 1 aromatic rings. The van der Waals surface area contributed by atoms with Gasteiger partial charge in [0.1, 0.15) is 0 Å². The molecule has 1 aromatic carbocycles. The van der Waals surface area contributed by atoms with Gasteiger partial charge in [0.15, 0.2) is 0 Å². The van der Waals surface area contributed by atoms with E-state index in [1.807, 2.05) is 18.2 Å². The van der Waals surface area contributed by atoms with E-state index in [-0.39, 0.29) is 18.6 Å². The highest BCUT2D eigenvalue weighted by Crippen LogP contribution is 2.25. The quantitative estimate of drug-likeness (QED) is 0.787. The van der Waals surface area contributed by atoms with E-state index in [0.29, 0.717) is 13.0 Å². The van der Waals surface area contributed by atoms with E-state index in [1.54, 1.807) is 0 Å². The molecule has 1 saturated heterocycles. The Hall–Kier alpha value is -1.39. The molecule has 0 spiro atoms. The van der Waals surface area contributed by atoms with Gasteiger partial charge in [0.05, 0.1) is 0 Å². The predicted molar refractivity (Wildman–Crippen MR) is 74.7 cm³/mol. The minimum absolute atomic E-state index is 0.124. The van der Waals surface area contributed by atoms with Crippen LogP contribution in [0.3, 0.4) is 0 Å². The van der Waals surface area contributed by atoms with Crippen molar-refractivity contribution >= 4 is 5.91 Å². The molecule has 4 heteroatoms. The van der Waals surface area contributed by atoms with Gasteiger partial charge in [-0.1, -0.05) is 30.3 Å². The Balaban J connectivity index is 2.09. The zero-order chi connectivity index (χ0) is 13.5. The number of nitrogens with one attached hydrogen (secondary N) is 1. The molecule has 19 heavy (non-hydrogen) atoms. The van der Waals surface area contributed by atoms with Crippen molar-refractivity contribution in [1.82, 2.24) is 10.2 Å². The van der Waals surface area contributed by atoms with Crippen LogP contribution in [0.25, 0.3) is 0 Å². The number of amides is 1. The van der Waals surface area contributed by atoms with Gasteiger partial charge in [0.25, 0.3) is 0 Å². The summed E-state index contributed by atoms with van der Waals surface area (Å²) >= 11 is 0. The lowest BCUT2D eigenvalue weighted by atomic mass is 10.0. The fourth-order valence-corrected chi connectivity index (χ4v) is 2.57. The first-order chi connectivity index (χ1) is 9.31. The highest BCUT2D eigenvalue weighted by molar-refractivity contribution is 5.77. The van der Waals surface area contributed by atoms with Crippen molar-refractivity contribution in [3.63, 3.8) is 0 Å². The third-order valence-corrected chi connectivity index (χ3v) is 3.58. The molecular formula is C15H22N2O2. The fourth-order valence-electron chi connectivity index (χ4n) is 2.57. The second-order valence-electron chi connectivity index (χ2n) is 4.95. The van der Waals surface area contributed by atoms with Crippen molar-refractivity contribution < 1.29 is 9.90 Å². The second kappa shape index (κ2) is 7.26. The number of carbonyl (C=O) groups is 1. The van der Waals surface area contributed by atoms with Gasteiger partial charge in [-0.15, -0.1) is 0 Å². The summed E-state index contributed by atoms with van der Waals surface area (Å²) < 4.78 is 0. The van der Waals surface area contributed by atoms with Gasteiger partial charge in [-0.05, 0) is 24.9 Å². The Morgan fingerprint density at radius 2 is 2.05 bits per heavy atom. The molecule has 104 valence electrons. The monoisotopic (exact) mass is 262 g/mol. The Morgan fingerprint density at radius 1 is 1.26 bits per heavy atom. The summed E-state index contributed by atoms with van der Waals surface area (Å²) in [6, 6.07) is 10.4. The first kappa shape index (κ1) is 14.0. The Bertz CT molecular complexity index is 394. The highest BCUT2D eigenvalue weighted by Gasteiger charge is 2.25. The maximum atomic E-state index is 11.8. The van der Waals surface area contributed by atoms with Gasteiger partial charge in [0, 0.05) is 32.2 Å². The number of hydrogen-bond acceptors (Lipinski definition) is 3. The van der Waals surface area contributed by atoms with Gasteiger partial charge in [-0.3, -0.25) is 9.69 Å². The van der Waals surface area contributed by atoms with Crippen LogP contribution < -0.4 is 5.32 Å². The molecule has 0 radical (unpaired) electrons. The summed E-state index contributed by atoms with van der Waals surface area (Å²) in [6.45, 7) is 2.74. The Labute approximate surface area is 114 Å². The van der Waals surface area contributed by atoms with E-state index in [2.05, 4.69) is 22.3 Å². The Kier molecular flexibility index (Phi) is 5.36. The highest BCUT2D eigenvalue weighted by atomic mass is 16.2.